The van der Waals surface area contributed by atoms with Crippen molar-refractivity contribution in [2.24, 2.45) is 5.92 Å². The topological polar surface area (TPSA) is 63.8 Å². The molecule has 5 nitrogen and oxygen atoms in total. The molecule has 2 atom stereocenters. The van der Waals surface area contributed by atoms with Gasteiger partial charge in [-0.3, -0.25) is 0 Å². The van der Waals surface area contributed by atoms with Crippen LogP contribution in [0.5, 0.6) is 0 Å². The molecule has 0 aliphatic rings. The summed E-state index contributed by atoms with van der Waals surface area (Å²) in [5.74, 6) is 2.08. The Morgan fingerprint density at radius 2 is 2.05 bits per heavy atom. The van der Waals surface area contributed by atoms with Gasteiger partial charge in [0, 0.05) is 11.4 Å². The Balaban J connectivity index is 2.14. The fourth-order valence-corrected chi connectivity index (χ4v) is 2.99. The van der Waals surface area contributed by atoms with Crippen molar-refractivity contribution in [1.29, 1.82) is 0 Å². The molecule has 2 aromatic rings. The monoisotopic (exact) mass is 294 g/mol. The summed E-state index contributed by atoms with van der Waals surface area (Å²) in [6.45, 7) is 8.48. The summed E-state index contributed by atoms with van der Waals surface area (Å²) >= 11 is 1.64. The van der Waals surface area contributed by atoms with Gasteiger partial charge in [0.25, 0.3) is 0 Å². The van der Waals surface area contributed by atoms with Gasteiger partial charge in [0.1, 0.15) is 0 Å². The molecule has 0 aromatic carbocycles. The van der Waals surface area contributed by atoms with Crippen LogP contribution in [0.2, 0.25) is 0 Å². The quantitative estimate of drug-likeness (QED) is 0.887. The molecule has 1 N–H and O–H groups in total. The van der Waals surface area contributed by atoms with E-state index >= 15 is 0 Å². The normalized spacial score (nSPS) is 14.7. The molecule has 2 unspecified atom stereocenters. The molecule has 0 aliphatic carbocycles. The van der Waals surface area contributed by atoms with E-state index in [1.165, 1.54) is 0 Å². The molecular weight excluding hydrogens is 272 g/mol. The highest BCUT2D eigenvalue weighted by Gasteiger charge is 2.27. The summed E-state index contributed by atoms with van der Waals surface area (Å²) in [5.41, 5.74) is 1.00. The average molecular weight is 294 g/mol. The van der Waals surface area contributed by atoms with Gasteiger partial charge in [-0.1, -0.05) is 19.0 Å². The number of nitrogens with one attached hydrogen (secondary N) is 1. The zero-order chi connectivity index (χ0) is 14.7. The highest BCUT2D eigenvalue weighted by molar-refractivity contribution is 7.09. The van der Waals surface area contributed by atoms with Gasteiger partial charge in [-0.2, -0.15) is 4.98 Å². The maximum Gasteiger partial charge on any atom is 0.231 e. The van der Waals surface area contributed by atoms with Crippen LogP contribution in [0.3, 0.4) is 0 Å². The third kappa shape index (κ3) is 3.43. The Morgan fingerprint density at radius 3 is 2.60 bits per heavy atom. The van der Waals surface area contributed by atoms with Crippen LogP contribution in [-0.2, 0) is 6.42 Å². The van der Waals surface area contributed by atoms with Gasteiger partial charge in [-0.15, -0.1) is 11.3 Å². The van der Waals surface area contributed by atoms with Crippen LogP contribution < -0.4 is 5.32 Å². The van der Waals surface area contributed by atoms with Crippen molar-refractivity contribution in [3.63, 3.8) is 0 Å². The Morgan fingerprint density at radius 1 is 1.30 bits per heavy atom. The molecule has 0 amide bonds. The first-order valence-corrected chi connectivity index (χ1v) is 7.80. The van der Waals surface area contributed by atoms with Gasteiger partial charge >= 0.3 is 0 Å². The largest absolute Gasteiger partial charge is 0.339 e. The summed E-state index contributed by atoms with van der Waals surface area (Å²) in [5, 5.41) is 10.5. The van der Waals surface area contributed by atoms with Crippen LogP contribution in [0.25, 0.3) is 0 Å². The molecule has 110 valence electrons. The van der Waals surface area contributed by atoms with E-state index in [2.05, 4.69) is 41.2 Å². The van der Waals surface area contributed by atoms with Crippen molar-refractivity contribution in [2.45, 2.75) is 46.1 Å². The number of hydrogen-bond donors (Lipinski definition) is 1. The second-order valence-corrected chi connectivity index (χ2v) is 6.49. The predicted molar refractivity (Wildman–Crippen MR) is 80.1 cm³/mol. The lowest BCUT2D eigenvalue weighted by atomic mass is 9.89. The molecule has 2 heterocycles. The molecule has 0 saturated heterocycles. The van der Waals surface area contributed by atoms with Gasteiger partial charge < -0.3 is 9.84 Å². The van der Waals surface area contributed by atoms with Gasteiger partial charge in [0.05, 0.1) is 23.0 Å². The van der Waals surface area contributed by atoms with E-state index < -0.39 is 0 Å². The van der Waals surface area contributed by atoms with Crippen LogP contribution in [-0.4, -0.2) is 28.2 Å². The second kappa shape index (κ2) is 6.45. The minimum absolute atomic E-state index is 0.221. The smallest absolute Gasteiger partial charge is 0.231 e. The highest BCUT2D eigenvalue weighted by Crippen LogP contribution is 2.26. The molecule has 0 aliphatic heterocycles. The minimum atomic E-state index is 0.221. The number of aromatic nitrogens is 3. The van der Waals surface area contributed by atoms with E-state index in [4.69, 9.17) is 4.52 Å². The Labute approximate surface area is 123 Å². The molecule has 2 aromatic heterocycles. The van der Waals surface area contributed by atoms with Gasteiger partial charge in [-0.05, 0) is 26.8 Å². The first-order chi connectivity index (χ1) is 9.51. The van der Waals surface area contributed by atoms with E-state index in [1.54, 1.807) is 11.3 Å². The number of nitrogens with zero attached hydrogens (tertiary/aromatic N) is 3. The Hall–Kier alpha value is -1.27. The Kier molecular flexibility index (Phi) is 4.88. The van der Waals surface area contributed by atoms with Crippen LogP contribution >= 0.6 is 11.3 Å². The van der Waals surface area contributed by atoms with Crippen LogP contribution in [0.15, 0.2) is 9.90 Å². The van der Waals surface area contributed by atoms with Crippen LogP contribution in [0, 0.1) is 12.8 Å². The molecule has 6 heteroatoms. The molecule has 0 saturated carbocycles. The fraction of sp³-hybridized carbons (Fsp3) is 0.643. The van der Waals surface area contributed by atoms with E-state index in [1.807, 2.05) is 19.4 Å². The van der Waals surface area contributed by atoms with Gasteiger partial charge in [0.2, 0.25) is 5.89 Å². The van der Waals surface area contributed by atoms with E-state index in [-0.39, 0.29) is 5.92 Å². The molecule has 0 radical (unpaired) electrons. The maximum absolute atomic E-state index is 5.46. The molecule has 2 rings (SSSR count). The number of likely N-dealkylation sites (N-methyl/N-ethyl adjacent to an activating group) is 1. The zero-order valence-corrected chi connectivity index (χ0v) is 13.5. The molecular formula is C14H22N4OS. The van der Waals surface area contributed by atoms with E-state index in [0.717, 1.165) is 10.7 Å². The average Bonchev–Trinajstić information content (AvgIpc) is 2.99. The molecule has 0 bridgehead atoms. The fourth-order valence-electron chi connectivity index (χ4n) is 2.38. The number of hydrogen-bond acceptors (Lipinski definition) is 6. The van der Waals surface area contributed by atoms with Gasteiger partial charge in [0.15, 0.2) is 5.82 Å². The summed E-state index contributed by atoms with van der Waals surface area (Å²) in [7, 11) is 1.95. The predicted octanol–water partition coefficient (Wildman–Crippen LogP) is 2.77. The standard InChI is InChI=1S/C14H22N4OS/c1-8(2)13(9(3)15-5)14-17-12(18-19-14)6-11-7-20-10(4)16-11/h7-9,13,15H,6H2,1-5H3. The second-order valence-electron chi connectivity index (χ2n) is 5.43. The lowest BCUT2D eigenvalue weighted by Gasteiger charge is -2.23. The number of rotatable bonds is 6. The Bertz CT molecular complexity index is 549. The lowest BCUT2D eigenvalue weighted by molar-refractivity contribution is 0.284. The van der Waals surface area contributed by atoms with Crippen LogP contribution in [0.4, 0.5) is 0 Å². The van der Waals surface area contributed by atoms with Gasteiger partial charge in [-0.25, -0.2) is 4.98 Å². The van der Waals surface area contributed by atoms with Crippen molar-refractivity contribution in [3.8, 4) is 0 Å². The van der Waals surface area contributed by atoms with Crippen molar-refractivity contribution in [2.75, 3.05) is 7.05 Å². The van der Waals surface area contributed by atoms with Crippen molar-refractivity contribution in [3.05, 3.63) is 27.8 Å². The summed E-state index contributed by atoms with van der Waals surface area (Å²) < 4.78 is 5.46. The molecule has 0 fully saturated rings. The minimum Gasteiger partial charge on any atom is -0.339 e. The van der Waals surface area contributed by atoms with Crippen molar-refractivity contribution in [1.82, 2.24) is 20.4 Å². The summed E-state index contributed by atoms with van der Waals surface area (Å²) in [6, 6.07) is 0.296. The summed E-state index contributed by atoms with van der Waals surface area (Å²) in [6.07, 6.45) is 0.632. The SMILES string of the molecule is CNC(C)C(c1nc(Cc2csc(C)n2)no1)C(C)C. The first-order valence-electron chi connectivity index (χ1n) is 6.92. The summed E-state index contributed by atoms with van der Waals surface area (Å²) in [4.78, 5) is 8.98. The number of aryl methyl sites for hydroxylation is 1. The van der Waals surface area contributed by atoms with Crippen LogP contribution in [0.1, 0.15) is 49.1 Å². The van der Waals surface area contributed by atoms with E-state index in [0.29, 0.717) is 30.1 Å². The molecule has 20 heavy (non-hydrogen) atoms. The third-order valence-electron chi connectivity index (χ3n) is 3.49. The highest BCUT2D eigenvalue weighted by atomic mass is 32.1. The van der Waals surface area contributed by atoms with Crippen molar-refractivity contribution >= 4 is 11.3 Å². The molecule has 0 spiro atoms. The third-order valence-corrected chi connectivity index (χ3v) is 4.31. The first kappa shape index (κ1) is 15.1. The van der Waals surface area contributed by atoms with E-state index in [9.17, 15) is 0 Å². The number of thiazole rings is 1. The van der Waals surface area contributed by atoms with Crippen molar-refractivity contribution < 1.29 is 4.52 Å². The zero-order valence-electron chi connectivity index (χ0n) is 12.7. The lowest BCUT2D eigenvalue weighted by Crippen LogP contribution is -2.32. The maximum atomic E-state index is 5.46.